The Kier molecular flexibility index (Phi) is 5.25. The van der Waals surface area contributed by atoms with Crippen LogP contribution in [0.4, 0.5) is 11.5 Å². The highest BCUT2D eigenvalue weighted by Gasteiger charge is 2.14. The topological polar surface area (TPSA) is 85.4 Å². The molecule has 4 rings (SSSR count). The zero-order chi connectivity index (χ0) is 19.3. The molecule has 1 amide bonds. The molecule has 2 heterocycles. The zero-order valence-electron chi connectivity index (χ0n) is 14.8. The van der Waals surface area contributed by atoms with Crippen molar-refractivity contribution in [3.05, 3.63) is 71.1 Å². The quantitative estimate of drug-likeness (QED) is 0.683. The Morgan fingerprint density at radius 3 is 2.71 bits per heavy atom. The molecule has 142 valence electrons. The van der Waals surface area contributed by atoms with Gasteiger partial charge in [-0.25, -0.2) is 9.97 Å². The SMILES string of the molecule is O=C(Nc1ccc2c(c1)OCCO2)c1cc(NCc2ccccc2Cl)ncn1. The summed E-state index contributed by atoms with van der Waals surface area (Å²) in [6, 6.07) is 14.4. The van der Waals surface area contributed by atoms with Crippen molar-refractivity contribution < 1.29 is 14.3 Å². The molecule has 3 aromatic rings. The highest BCUT2D eigenvalue weighted by Crippen LogP contribution is 2.32. The van der Waals surface area contributed by atoms with E-state index in [9.17, 15) is 4.79 Å². The number of halogens is 1. The van der Waals surface area contributed by atoms with Gasteiger partial charge in [0.25, 0.3) is 5.91 Å². The maximum atomic E-state index is 12.5. The molecule has 0 fully saturated rings. The van der Waals surface area contributed by atoms with Gasteiger partial charge < -0.3 is 20.1 Å². The number of ether oxygens (including phenoxy) is 2. The van der Waals surface area contributed by atoms with Crippen LogP contribution in [0.25, 0.3) is 0 Å². The van der Waals surface area contributed by atoms with Crippen LogP contribution in [-0.4, -0.2) is 29.1 Å². The van der Waals surface area contributed by atoms with Gasteiger partial charge in [0.1, 0.15) is 31.1 Å². The van der Waals surface area contributed by atoms with Crippen molar-refractivity contribution in [1.29, 1.82) is 0 Å². The maximum Gasteiger partial charge on any atom is 0.274 e. The summed E-state index contributed by atoms with van der Waals surface area (Å²) < 4.78 is 11.0. The molecule has 0 saturated heterocycles. The van der Waals surface area contributed by atoms with Crippen LogP contribution >= 0.6 is 11.6 Å². The molecular weight excluding hydrogens is 380 g/mol. The molecule has 0 radical (unpaired) electrons. The van der Waals surface area contributed by atoms with Crippen molar-refractivity contribution >= 4 is 29.0 Å². The van der Waals surface area contributed by atoms with Gasteiger partial charge in [-0.2, -0.15) is 0 Å². The number of fused-ring (bicyclic) bond motifs is 1. The van der Waals surface area contributed by atoms with E-state index in [1.807, 2.05) is 24.3 Å². The highest BCUT2D eigenvalue weighted by molar-refractivity contribution is 6.31. The van der Waals surface area contributed by atoms with Crippen LogP contribution in [0.3, 0.4) is 0 Å². The van der Waals surface area contributed by atoms with E-state index in [4.69, 9.17) is 21.1 Å². The second-order valence-corrected chi connectivity index (χ2v) is 6.45. The summed E-state index contributed by atoms with van der Waals surface area (Å²) >= 11 is 6.16. The van der Waals surface area contributed by atoms with Crippen LogP contribution in [0.15, 0.2) is 54.9 Å². The molecule has 0 atom stereocenters. The first-order chi connectivity index (χ1) is 13.7. The largest absolute Gasteiger partial charge is 0.486 e. The minimum atomic E-state index is -0.347. The lowest BCUT2D eigenvalue weighted by Crippen LogP contribution is -2.17. The van der Waals surface area contributed by atoms with E-state index in [1.165, 1.54) is 6.33 Å². The number of hydrogen-bond acceptors (Lipinski definition) is 6. The van der Waals surface area contributed by atoms with Crippen molar-refractivity contribution in [3.63, 3.8) is 0 Å². The van der Waals surface area contributed by atoms with Gasteiger partial charge in [0, 0.05) is 29.4 Å². The van der Waals surface area contributed by atoms with Gasteiger partial charge in [0.05, 0.1) is 0 Å². The number of nitrogens with zero attached hydrogens (tertiary/aromatic N) is 2. The van der Waals surface area contributed by atoms with E-state index >= 15 is 0 Å². The van der Waals surface area contributed by atoms with Crippen LogP contribution in [0.1, 0.15) is 16.1 Å². The molecule has 1 aliphatic heterocycles. The Labute approximate surface area is 166 Å². The van der Waals surface area contributed by atoms with Gasteiger partial charge in [-0.3, -0.25) is 4.79 Å². The van der Waals surface area contributed by atoms with Crippen LogP contribution in [0.2, 0.25) is 5.02 Å². The number of rotatable bonds is 5. The number of anilines is 2. The second-order valence-electron chi connectivity index (χ2n) is 6.05. The average Bonchev–Trinajstić information content (AvgIpc) is 2.73. The first-order valence-corrected chi connectivity index (χ1v) is 9.07. The van der Waals surface area contributed by atoms with Crippen LogP contribution in [0, 0.1) is 0 Å². The summed E-state index contributed by atoms with van der Waals surface area (Å²) in [6.45, 7) is 1.49. The molecule has 1 aromatic heterocycles. The number of benzene rings is 2. The molecule has 0 spiro atoms. The van der Waals surface area contributed by atoms with Crippen molar-refractivity contribution in [1.82, 2.24) is 9.97 Å². The molecule has 0 aliphatic carbocycles. The van der Waals surface area contributed by atoms with Crippen molar-refractivity contribution in [2.24, 2.45) is 0 Å². The van der Waals surface area contributed by atoms with Crippen molar-refractivity contribution in [2.45, 2.75) is 6.54 Å². The summed E-state index contributed by atoms with van der Waals surface area (Å²) in [5.74, 6) is 1.45. The van der Waals surface area contributed by atoms with Gasteiger partial charge in [-0.15, -0.1) is 0 Å². The molecule has 0 saturated carbocycles. The van der Waals surface area contributed by atoms with E-state index in [0.717, 1.165) is 5.56 Å². The number of carbonyl (C=O) groups is 1. The fourth-order valence-electron chi connectivity index (χ4n) is 2.72. The predicted molar refractivity (Wildman–Crippen MR) is 106 cm³/mol. The molecule has 7 nitrogen and oxygen atoms in total. The Morgan fingerprint density at radius 2 is 1.86 bits per heavy atom. The van der Waals surface area contributed by atoms with Crippen molar-refractivity contribution in [3.8, 4) is 11.5 Å². The van der Waals surface area contributed by atoms with Gasteiger partial charge in [0.2, 0.25) is 0 Å². The first-order valence-electron chi connectivity index (χ1n) is 8.69. The summed E-state index contributed by atoms with van der Waals surface area (Å²) in [4.78, 5) is 20.7. The average molecular weight is 397 g/mol. The van der Waals surface area contributed by atoms with Gasteiger partial charge >= 0.3 is 0 Å². The number of aromatic nitrogens is 2. The third-order valence-electron chi connectivity index (χ3n) is 4.12. The first kappa shape index (κ1) is 18.1. The number of carbonyl (C=O) groups excluding carboxylic acids is 1. The monoisotopic (exact) mass is 396 g/mol. The molecule has 0 unspecified atom stereocenters. The summed E-state index contributed by atoms with van der Waals surface area (Å²) in [6.07, 6.45) is 1.34. The lowest BCUT2D eigenvalue weighted by atomic mass is 10.2. The van der Waals surface area contributed by atoms with Gasteiger partial charge in [-0.05, 0) is 23.8 Å². The minimum Gasteiger partial charge on any atom is -0.486 e. The molecule has 1 aliphatic rings. The minimum absolute atomic E-state index is 0.242. The standard InChI is InChI=1S/C20H17ClN4O3/c21-15-4-2-1-3-13(15)11-22-19-10-16(23-12-24-19)20(26)25-14-5-6-17-18(9-14)28-8-7-27-17/h1-6,9-10,12H,7-8,11H2,(H,25,26)(H,22,23,24). The fraction of sp³-hybridized carbons (Fsp3) is 0.150. The molecule has 8 heteroatoms. The van der Waals surface area contributed by atoms with E-state index in [-0.39, 0.29) is 11.6 Å². The van der Waals surface area contributed by atoms with Crippen LogP contribution in [0.5, 0.6) is 11.5 Å². The van der Waals surface area contributed by atoms with E-state index in [2.05, 4.69) is 20.6 Å². The number of hydrogen-bond donors (Lipinski definition) is 2. The van der Waals surface area contributed by atoms with E-state index < -0.39 is 0 Å². The lowest BCUT2D eigenvalue weighted by Gasteiger charge is -2.19. The lowest BCUT2D eigenvalue weighted by molar-refractivity contribution is 0.102. The van der Waals surface area contributed by atoms with E-state index in [0.29, 0.717) is 47.8 Å². The van der Waals surface area contributed by atoms with Gasteiger partial charge in [-0.1, -0.05) is 29.8 Å². The predicted octanol–water partition coefficient (Wildman–Crippen LogP) is 3.77. The molecule has 28 heavy (non-hydrogen) atoms. The number of amides is 1. The molecule has 2 N–H and O–H groups in total. The third-order valence-corrected chi connectivity index (χ3v) is 4.49. The Balaban J connectivity index is 1.43. The number of nitrogens with one attached hydrogen (secondary N) is 2. The van der Waals surface area contributed by atoms with Gasteiger partial charge in [0.15, 0.2) is 11.5 Å². The molecule has 0 bridgehead atoms. The summed E-state index contributed by atoms with van der Waals surface area (Å²) in [5, 5.41) is 6.62. The molecule has 2 aromatic carbocycles. The van der Waals surface area contributed by atoms with Crippen LogP contribution in [-0.2, 0) is 6.54 Å². The summed E-state index contributed by atoms with van der Waals surface area (Å²) in [5.41, 5.74) is 1.77. The highest BCUT2D eigenvalue weighted by atomic mass is 35.5. The van der Waals surface area contributed by atoms with E-state index in [1.54, 1.807) is 24.3 Å². The summed E-state index contributed by atoms with van der Waals surface area (Å²) in [7, 11) is 0. The third kappa shape index (κ3) is 4.15. The maximum absolute atomic E-state index is 12.5. The van der Waals surface area contributed by atoms with Crippen molar-refractivity contribution in [2.75, 3.05) is 23.8 Å². The Morgan fingerprint density at radius 1 is 1.04 bits per heavy atom. The zero-order valence-corrected chi connectivity index (χ0v) is 15.6. The van der Waals surface area contributed by atoms with Crippen LogP contribution < -0.4 is 20.1 Å². The fourth-order valence-corrected chi connectivity index (χ4v) is 2.92. The smallest absolute Gasteiger partial charge is 0.274 e. The second kappa shape index (κ2) is 8.14. The normalized spacial score (nSPS) is 12.3. The Hall–Kier alpha value is -3.32. The Bertz CT molecular complexity index is 1010. The molecular formula is C20H17ClN4O3.